The molecule has 0 radical (unpaired) electrons. The van der Waals surface area contributed by atoms with Crippen molar-refractivity contribution >= 4 is 21.6 Å². The molecule has 5 heteroatoms. The lowest BCUT2D eigenvalue weighted by molar-refractivity contribution is 0.428. The first-order chi connectivity index (χ1) is 13.6. The van der Waals surface area contributed by atoms with Crippen LogP contribution in [-0.2, 0) is 25.7 Å². The molecule has 1 N–H and O–H groups in total. The first kappa shape index (κ1) is 18.1. The Hall–Kier alpha value is -1.98. The van der Waals surface area contributed by atoms with Gasteiger partial charge in [0.1, 0.15) is 4.83 Å². The lowest BCUT2D eigenvalue weighted by Gasteiger charge is -2.24. The second-order valence-corrected chi connectivity index (χ2v) is 9.80. The van der Waals surface area contributed by atoms with Crippen LogP contribution in [0.15, 0.2) is 35.4 Å². The summed E-state index contributed by atoms with van der Waals surface area (Å²) in [7, 11) is 0. The van der Waals surface area contributed by atoms with Gasteiger partial charge in [-0.2, -0.15) is 0 Å². The summed E-state index contributed by atoms with van der Waals surface area (Å²) in [5, 5.41) is 4.58. The maximum atomic E-state index is 13.4. The van der Waals surface area contributed by atoms with E-state index in [-0.39, 0.29) is 11.6 Å². The van der Waals surface area contributed by atoms with Crippen LogP contribution in [-0.4, -0.2) is 22.1 Å². The lowest BCUT2D eigenvalue weighted by Crippen LogP contribution is -2.36. The molecule has 0 aliphatic heterocycles. The van der Waals surface area contributed by atoms with E-state index in [1.165, 1.54) is 21.6 Å². The fourth-order valence-electron chi connectivity index (χ4n) is 4.75. The van der Waals surface area contributed by atoms with Gasteiger partial charge in [-0.3, -0.25) is 9.36 Å². The van der Waals surface area contributed by atoms with E-state index in [9.17, 15) is 4.79 Å². The number of nitrogens with one attached hydrogen (secondary N) is 1. The molecule has 0 amide bonds. The zero-order chi connectivity index (χ0) is 19.3. The largest absolute Gasteiger partial charge is 0.313 e. The number of rotatable bonds is 4. The summed E-state index contributed by atoms with van der Waals surface area (Å²) >= 11 is 1.73. The van der Waals surface area contributed by atoms with Gasteiger partial charge in [-0.1, -0.05) is 38.1 Å². The summed E-state index contributed by atoms with van der Waals surface area (Å²) in [6.45, 7) is 5.54. The predicted molar refractivity (Wildman–Crippen MR) is 115 cm³/mol. The van der Waals surface area contributed by atoms with Crippen LogP contribution in [0.1, 0.15) is 47.9 Å². The van der Waals surface area contributed by atoms with Gasteiger partial charge in [0.2, 0.25) is 0 Å². The predicted octanol–water partition coefficient (Wildman–Crippen LogP) is 3.90. The van der Waals surface area contributed by atoms with E-state index in [0.29, 0.717) is 12.0 Å². The Morgan fingerprint density at radius 3 is 2.68 bits per heavy atom. The van der Waals surface area contributed by atoms with Crippen molar-refractivity contribution in [2.24, 2.45) is 5.92 Å². The van der Waals surface area contributed by atoms with Gasteiger partial charge < -0.3 is 5.32 Å². The highest BCUT2D eigenvalue weighted by Gasteiger charge is 2.28. The molecule has 146 valence electrons. The average molecular weight is 394 g/mol. The third kappa shape index (κ3) is 3.11. The third-order valence-electron chi connectivity index (χ3n) is 6.23. The lowest BCUT2D eigenvalue weighted by atomic mass is 9.93. The van der Waals surface area contributed by atoms with Gasteiger partial charge in [0.15, 0.2) is 0 Å². The van der Waals surface area contributed by atoms with Crippen molar-refractivity contribution < 1.29 is 0 Å². The maximum Gasteiger partial charge on any atom is 0.262 e. The highest BCUT2D eigenvalue weighted by molar-refractivity contribution is 7.18. The molecule has 0 unspecified atom stereocenters. The summed E-state index contributed by atoms with van der Waals surface area (Å²) in [4.78, 5) is 20.4. The molecule has 5 rings (SSSR count). The molecular formula is C23H27N3OS. The standard InChI is InChI=1S/C23H27N3OS/c1-14(2)12-24-17-7-8-19-20(11-17)28-22-21(19)23(27)26(13-25-22)18-9-15-5-3-4-6-16(15)10-18/h3-6,13-14,17-18,24H,7-12H2,1-2H3/t17-/m1/s1. The number of aryl methyl sites for hydroxylation is 1. The summed E-state index contributed by atoms with van der Waals surface area (Å²) in [6.07, 6.45) is 6.76. The quantitative estimate of drug-likeness (QED) is 0.731. The van der Waals surface area contributed by atoms with Crippen molar-refractivity contribution in [3.63, 3.8) is 0 Å². The number of hydrogen-bond donors (Lipinski definition) is 1. The number of aromatic nitrogens is 2. The smallest absolute Gasteiger partial charge is 0.262 e. The van der Waals surface area contributed by atoms with Crippen molar-refractivity contribution in [3.8, 4) is 0 Å². The van der Waals surface area contributed by atoms with Gasteiger partial charge in [-0.05, 0) is 61.3 Å². The highest BCUT2D eigenvalue weighted by Crippen LogP contribution is 2.35. The van der Waals surface area contributed by atoms with E-state index in [1.807, 2.05) is 4.57 Å². The Morgan fingerprint density at radius 2 is 1.96 bits per heavy atom. The fourth-order valence-corrected chi connectivity index (χ4v) is 6.01. The topological polar surface area (TPSA) is 46.9 Å². The van der Waals surface area contributed by atoms with Crippen LogP contribution in [0.5, 0.6) is 0 Å². The zero-order valence-electron chi connectivity index (χ0n) is 16.6. The van der Waals surface area contributed by atoms with Gasteiger partial charge in [-0.25, -0.2) is 4.98 Å². The molecular weight excluding hydrogens is 366 g/mol. The molecule has 2 aliphatic carbocycles. The Bertz CT molecular complexity index is 1060. The van der Waals surface area contributed by atoms with Gasteiger partial charge in [0.05, 0.1) is 11.7 Å². The van der Waals surface area contributed by atoms with Crippen LogP contribution in [0.25, 0.3) is 10.2 Å². The van der Waals surface area contributed by atoms with Gasteiger partial charge >= 0.3 is 0 Å². The molecule has 0 spiro atoms. The number of hydrogen-bond acceptors (Lipinski definition) is 4. The summed E-state index contributed by atoms with van der Waals surface area (Å²) in [5.74, 6) is 0.660. The van der Waals surface area contributed by atoms with Crippen LogP contribution >= 0.6 is 11.3 Å². The third-order valence-corrected chi connectivity index (χ3v) is 7.39. The molecule has 4 nitrogen and oxygen atoms in total. The Labute approximate surface area is 169 Å². The monoisotopic (exact) mass is 393 g/mol. The number of benzene rings is 1. The molecule has 0 saturated carbocycles. The minimum Gasteiger partial charge on any atom is -0.313 e. The van der Waals surface area contributed by atoms with Crippen LogP contribution in [0.4, 0.5) is 0 Å². The van der Waals surface area contributed by atoms with E-state index in [1.54, 1.807) is 17.7 Å². The highest BCUT2D eigenvalue weighted by atomic mass is 32.1. The minimum absolute atomic E-state index is 0.161. The van der Waals surface area contributed by atoms with Crippen LogP contribution in [0.2, 0.25) is 0 Å². The van der Waals surface area contributed by atoms with Crippen molar-refractivity contribution in [2.75, 3.05) is 6.54 Å². The molecule has 3 aromatic rings. The van der Waals surface area contributed by atoms with E-state index in [2.05, 4.69) is 43.4 Å². The second kappa shape index (κ2) is 7.12. The number of nitrogens with zero attached hydrogens (tertiary/aromatic N) is 2. The average Bonchev–Trinajstić information content (AvgIpc) is 3.27. The SMILES string of the molecule is CC(C)CN[C@@H]1CCc2c(sc3ncn(C4Cc5ccccc5C4)c(=O)c23)C1. The molecule has 1 atom stereocenters. The Kier molecular flexibility index (Phi) is 4.60. The van der Waals surface area contributed by atoms with Crippen molar-refractivity contribution in [3.05, 3.63) is 62.5 Å². The second-order valence-electron chi connectivity index (χ2n) is 8.71. The molecule has 0 fully saturated rings. The van der Waals surface area contributed by atoms with E-state index >= 15 is 0 Å². The molecule has 28 heavy (non-hydrogen) atoms. The molecule has 2 aliphatic rings. The molecule has 2 aromatic heterocycles. The number of fused-ring (bicyclic) bond motifs is 4. The van der Waals surface area contributed by atoms with Crippen molar-refractivity contribution in [1.82, 2.24) is 14.9 Å². The van der Waals surface area contributed by atoms with Crippen LogP contribution in [0, 0.1) is 5.92 Å². The first-order valence-electron chi connectivity index (χ1n) is 10.4. The summed E-state index contributed by atoms with van der Waals surface area (Å²) in [6, 6.07) is 9.26. The molecule has 1 aromatic carbocycles. The molecule has 2 heterocycles. The first-order valence-corrected chi connectivity index (χ1v) is 11.2. The normalized spacial score (nSPS) is 19.3. The van der Waals surface area contributed by atoms with Gasteiger partial charge in [0, 0.05) is 17.0 Å². The van der Waals surface area contributed by atoms with Gasteiger partial charge in [0.25, 0.3) is 5.56 Å². The zero-order valence-corrected chi connectivity index (χ0v) is 17.4. The van der Waals surface area contributed by atoms with E-state index in [0.717, 1.165) is 48.9 Å². The van der Waals surface area contributed by atoms with Gasteiger partial charge in [-0.15, -0.1) is 11.3 Å². The van der Waals surface area contributed by atoms with Crippen LogP contribution < -0.4 is 10.9 Å². The fraction of sp³-hybridized carbons (Fsp3) is 0.478. The van der Waals surface area contributed by atoms with Crippen molar-refractivity contribution in [2.45, 2.75) is 58.0 Å². The minimum atomic E-state index is 0.161. The maximum absolute atomic E-state index is 13.4. The molecule has 0 bridgehead atoms. The van der Waals surface area contributed by atoms with E-state index in [4.69, 9.17) is 4.98 Å². The summed E-state index contributed by atoms with van der Waals surface area (Å²) < 4.78 is 1.90. The summed E-state index contributed by atoms with van der Waals surface area (Å²) in [5.41, 5.74) is 4.16. The van der Waals surface area contributed by atoms with E-state index < -0.39 is 0 Å². The van der Waals surface area contributed by atoms with Crippen molar-refractivity contribution in [1.29, 1.82) is 0 Å². The van der Waals surface area contributed by atoms with Crippen LogP contribution in [0.3, 0.4) is 0 Å². The number of thiophene rings is 1. The molecule has 0 saturated heterocycles. The Morgan fingerprint density at radius 1 is 1.21 bits per heavy atom. The Balaban J connectivity index is 1.46.